The van der Waals surface area contributed by atoms with E-state index in [2.05, 4.69) is 86.2 Å². The third-order valence-corrected chi connectivity index (χ3v) is 11.4. The van der Waals surface area contributed by atoms with Gasteiger partial charge < -0.3 is 27.1 Å². The van der Waals surface area contributed by atoms with Crippen molar-refractivity contribution >= 4 is 17.2 Å². The summed E-state index contributed by atoms with van der Waals surface area (Å²) in [7, 11) is -4.11. The minimum absolute atomic E-state index is 0.0219. The van der Waals surface area contributed by atoms with Crippen molar-refractivity contribution in [2.75, 3.05) is 0 Å². The second-order valence-corrected chi connectivity index (χ2v) is 14.7. The van der Waals surface area contributed by atoms with Gasteiger partial charge in [0.25, 0.3) is 5.95 Å². The number of benzene rings is 4. The molecule has 0 heterocycles. The van der Waals surface area contributed by atoms with Gasteiger partial charge in [-0.3, -0.25) is 0 Å². The van der Waals surface area contributed by atoms with Crippen LogP contribution >= 0.6 is 17.2 Å². The van der Waals surface area contributed by atoms with Gasteiger partial charge in [0.05, 0.1) is 0 Å². The van der Waals surface area contributed by atoms with Gasteiger partial charge in [-0.15, -0.1) is 0 Å². The Morgan fingerprint density at radius 1 is 0.440 bits per heavy atom. The lowest BCUT2D eigenvalue weighted by molar-refractivity contribution is 0.192. The fraction of sp³-hybridized carbons (Fsp3) is 0.381. The molecule has 0 N–H and O–H groups in total. The van der Waals surface area contributed by atoms with Crippen LogP contribution in [0.4, 0.5) is 0 Å². The van der Waals surface area contributed by atoms with Crippen LogP contribution in [0.2, 0.25) is 0 Å². The SMILES string of the molecule is C=C(OP(Oc1ccccc1C(C)CC)Oc1ccccc1C(C)CC)OP(Oc1ccccc1C(C)CC)Oc1ccccc1C(C)CC. The summed E-state index contributed by atoms with van der Waals surface area (Å²) in [5.41, 5.74) is 4.31. The van der Waals surface area contributed by atoms with Crippen LogP contribution in [0, 0.1) is 0 Å². The largest absolute Gasteiger partial charge is 0.532 e. The summed E-state index contributed by atoms with van der Waals surface area (Å²) in [5, 5.41) is 0. The lowest BCUT2D eigenvalue weighted by atomic mass is 9.98. The van der Waals surface area contributed by atoms with Crippen LogP contribution in [0.1, 0.15) is 127 Å². The van der Waals surface area contributed by atoms with Gasteiger partial charge in [0.2, 0.25) is 0 Å². The average molecular weight is 717 g/mol. The Bertz CT molecular complexity index is 1410. The van der Waals surface area contributed by atoms with Crippen molar-refractivity contribution in [2.45, 2.75) is 105 Å². The van der Waals surface area contributed by atoms with E-state index in [1.54, 1.807) is 0 Å². The summed E-state index contributed by atoms with van der Waals surface area (Å²) in [5.74, 6) is 3.88. The van der Waals surface area contributed by atoms with Crippen molar-refractivity contribution in [2.24, 2.45) is 0 Å². The molecule has 8 heteroatoms. The minimum Gasteiger partial charge on any atom is -0.408 e. The van der Waals surface area contributed by atoms with Gasteiger partial charge in [-0.2, -0.15) is 0 Å². The fourth-order valence-electron chi connectivity index (χ4n) is 5.38. The highest BCUT2D eigenvalue weighted by atomic mass is 31.2. The highest BCUT2D eigenvalue weighted by molar-refractivity contribution is 7.43. The normalized spacial score (nSPS) is 14.7. The van der Waals surface area contributed by atoms with Crippen LogP contribution in [0.15, 0.2) is 110 Å². The summed E-state index contributed by atoms with van der Waals surface area (Å²) in [4.78, 5) is 0. The standard InChI is InChI=1S/C42H54O6P2/c1-10-30(5)35-22-14-18-26-39(35)45-49(46-40-27-19-15-23-36(40)31(6)11-2)43-34(9)44-50(47-41-28-20-16-24-37(41)32(7)12-3)48-42-29-21-17-25-38(42)33(8)13-4/h14-33H,9-13H2,1-8H3. The lowest BCUT2D eigenvalue weighted by Crippen LogP contribution is -2.08. The Balaban J connectivity index is 1.67. The topological polar surface area (TPSA) is 55.4 Å². The molecule has 0 aliphatic heterocycles. The van der Waals surface area contributed by atoms with Gasteiger partial charge in [0, 0.05) is 0 Å². The van der Waals surface area contributed by atoms with Gasteiger partial charge in [-0.1, -0.05) is 128 Å². The first-order valence-corrected chi connectivity index (χ1v) is 20.1. The van der Waals surface area contributed by atoms with Crippen LogP contribution < -0.4 is 18.1 Å². The van der Waals surface area contributed by atoms with E-state index >= 15 is 0 Å². The Morgan fingerprint density at radius 3 is 0.880 bits per heavy atom. The molecule has 0 aliphatic rings. The van der Waals surface area contributed by atoms with E-state index in [-0.39, 0.29) is 29.6 Å². The Hall–Kier alpha value is -3.72. The molecule has 4 rings (SSSR count). The third-order valence-electron chi connectivity index (χ3n) is 9.29. The molecule has 50 heavy (non-hydrogen) atoms. The number of para-hydroxylation sites is 4. The molecular weight excluding hydrogens is 662 g/mol. The van der Waals surface area contributed by atoms with E-state index in [0.717, 1.165) is 47.9 Å². The summed E-state index contributed by atoms with van der Waals surface area (Å²) < 4.78 is 39.0. The molecule has 4 atom stereocenters. The molecule has 0 bridgehead atoms. The zero-order valence-electron chi connectivity index (χ0n) is 30.9. The van der Waals surface area contributed by atoms with E-state index in [9.17, 15) is 0 Å². The zero-order valence-corrected chi connectivity index (χ0v) is 32.7. The molecule has 4 unspecified atom stereocenters. The van der Waals surface area contributed by atoms with Crippen molar-refractivity contribution in [1.82, 2.24) is 0 Å². The van der Waals surface area contributed by atoms with E-state index in [1.807, 2.05) is 72.8 Å². The van der Waals surface area contributed by atoms with Gasteiger partial charge >= 0.3 is 17.2 Å². The molecule has 0 spiro atoms. The highest BCUT2D eigenvalue weighted by Gasteiger charge is 2.30. The quantitative estimate of drug-likeness (QED) is 0.0670. The second-order valence-electron chi connectivity index (χ2n) is 12.8. The van der Waals surface area contributed by atoms with E-state index in [4.69, 9.17) is 27.1 Å². The van der Waals surface area contributed by atoms with Crippen LogP contribution in [0.5, 0.6) is 23.0 Å². The molecule has 4 aromatic rings. The molecule has 0 radical (unpaired) electrons. The molecular formula is C42H54O6P2. The molecule has 0 aromatic heterocycles. The highest BCUT2D eigenvalue weighted by Crippen LogP contribution is 2.52. The van der Waals surface area contributed by atoms with Crippen molar-refractivity contribution in [1.29, 1.82) is 0 Å². The van der Waals surface area contributed by atoms with Crippen molar-refractivity contribution in [3.05, 3.63) is 132 Å². The first-order chi connectivity index (χ1) is 24.2. The van der Waals surface area contributed by atoms with Crippen LogP contribution in [-0.4, -0.2) is 0 Å². The first kappa shape index (κ1) is 39.1. The molecule has 0 saturated heterocycles. The second kappa shape index (κ2) is 19.6. The number of hydrogen-bond acceptors (Lipinski definition) is 6. The van der Waals surface area contributed by atoms with Gasteiger partial charge in [-0.05, 0) is 102 Å². The number of rotatable bonds is 20. The predicted molar refractivity (Wildman–Crippen MR) is 208 cm³/mol. The van der Waals surface area contributed by atoms with Crippen molar-refractivity contribution in [3.63, 3.8) is 0 Å². The monoisotopic (exact) mass is 716 g/mol. The predicted octanol–water partition coefficient (Wildman–Crippen LogP) is 14.3. The Labute approximate surface area is 303 Å². The van der Waals surface area contributed by atoms with E-state index < -0.39 is 17.2 Å². The van der Waals surface area contributed by atoms with E-state index in [0.29, 0.717) is 23.0 Å². The molecule has 268 valence electrons. The van der Waals surface area contributed by atoms with Gasteiger partial charge in [0.15, 0.2) is 0 Å². The molecule has 4 aromatic carbocycles. The maximum Gasteiger partial charge on any atom is 0.532 e. The summed E-state index contributed by atoms with van der Waals surface area (Å²) in [6.45, 7) is 21.5. The number of hydrogen-bond donors (Lipinski definition) is 0. The van der Waals surface area contributed by atoms with Gasteiger partial charge in [-0.25, -0.2) is 0 Å². The first-order valence-electron chi connectivity index (χ1n) is 17.9. The summed E-state index contributed by atoms with van der Waals surface area (Å²) in [6, 6.07) is 32.0. The minimum atomic E-state index is -2.06. The summed E-state index contributed by atoms with van der Waals surface area (Å²) >= 11 is 0. The molecule has 6 nitrogen and oxygen atoms in total. The van der Waals surface area contributed by atoms with Crippen molar-refractivity contribution in [3.8, 4) is 23.0 Å². The maximum atomic E-state index is 6.57. The summed E-state index contributed by atoms with van der Waals surface area (Å²) in [6.07, 6.45) is 3.84. The van der Waals surface area contributed by atoms with Crippen molar-refractivity contribution < 1.29 is 27.1 Å². The van der Waals surface area contributed by atoms with E-state index in [1.165, 1.54) is 0 Å². The molecule has 0 amide bonds. The smallest absolute Gasteiger partial charge is 0.408 e. The Morgan fingerprint density at radius 2 is 0.660 bits per heavy atom. The van der Waals surface area contributed by atoms with Crippen LogP contribution in [-0.2, 0) is 9.05 Å². The van der Waals surface area contributed by atoms with Gasteiger partial charge in [0.1, 0.15) is 23.0 Å². The maximum absolute atomic E-state index is 6.57. The Kier molecular flexibility index (Phi) is 15.3. The fourth-order valence-corrected chi connectivity index (χ4v) is 7.38. The van der Waals surface area contributed by atoms with Crippen LogP contribution in [0.25, 0.3) is 0 Å². The lowest BCUT2D eigenvalue weighted by Gasteiger charge is -2.25. The zero-order chi connectivity index (χ0) is 36.0. The molecule has 0 aliphatic carbocycles. The average Bonchev–Trinajstić information content (AvgIpc) is 3.14. The molecule has 0 saturated carbocycles. The third kappa shape index (κ3) is 10.6. The van der Waals surface area contributed by atoms with Crippen LogP contribution in [0.3, 0.4) is 0 Å². The molecule has 0 fully saturated rings.